The zero-order chi connectivity index (χ0) is 19.9. The van der Waals surface area contributed by atoms with Gasteiger partial charge in [-0.1, -0.05) is 49.0 Å². The molecule has 7 heteroatoms. The zero-order valence-corrected chi connectivity index (χ0v) is 17.2. The molecule has 2 heterocycles. The largest absolute Gasteiger partial charge is 0.319 e. The van der Waals surface area contributed by atoms with Crippen molar-refractivity contribution in [2.24, 2.45) is 0 Å². The van der Waals surface area contributed by atoms with Crippen molar-refractivity contribution in [1.29, 1.82) is 0 Å². The minimum Gasteiger partial charge on any atom is -0.319 e. The monoisotopic (exact) mass is 412 g/mol. The van der Waals surface area contributed by atoms with E-state index in [9.17, 15) is 13.0 Å². The van der Waals surface area contributed by atoms with E-state index in [2.05, 4.69) is 4.98 Å². The van der Waals surface area contributed by atoms with Crippen LogP contribution in [0.5, 0.6) is 0 Å². The lowest BCUT2D eigenvalue weighted by molar-refractivity contribution is 0.464. The second-order valence-electron chi connectivity index (χ2n) is 6.64. The lowest BCUT2D eigenvalue weighted by Crippen LogP contribution is -2.39. The maximum absolute atomic E-state index is 12.3. The first-order chi connectivity index (χ1) is 13.4. The van der Waals surface area contributed by atoms with Crippen LogP contribution in [0.4, 0.5) is 11.4 Å². The van der Waals surface area contributed by atoms with E-state index in [0.717, 1.165) is 38.0 Å². The summed E-state index contributed by atoms with van der Waals surface area (Å²) in [6.07, 6.45) is 1.98. The minimum absolute atomic E-state index is 0.243. The summed E-state index contributed by atoms with van der Waals surface area (Å²) in [6.45, 7) is 3.74. The van der Waals surface area contributed by atoms with Crippen molar-refractivity contribution in [3.63, 3.8) is 0 Å². The van der Waals surface area contributed by atoms with Gasteiger partial charge in [-0.15, -0.1) is 0 Å². The number of anilines is 2. The molecule has 0 fully saturated rings. The van der Waals surface area contributed by atoms with Crippen LogP contribution in [0.25, 0.3) is 11.3 Å². The Bertz CT molecular complexity index is 1150. The van der Waals surface area contributed by atoms with Crippen LogP contribution in [0.1, 0.15) is 18.9 Å². The third kappa shape index (κ3) is 3.19. The highest BCUT2D eigenvalue weighted by molar-refractivity contribution is 7.99. The molecule has 1 aromatic heterocycles. The molecule has 0 saturated carbocycles. The minimum atomic E-state index is -4.31. The molecule has 144 valence electrons. The smallest absolute Gasteiger partial charge is 0.286 e. The van der Waals surface area contributed by atoms with Crippen molar-refractivity contribution in [3.05, 3.63) is 66.4 Å². The Kier molecular flexibility index (Phi) is 4.91. The fourth-order valence-electron chi connectivity index (χ4n) is 3.62. The Morgan fingerprint density at radius 3 is 2.54 bits per heavy atom. The summed E-state index contributed by atoms with van der Waals surface area (Å²) >= 11 is 1.59. The number of hydrogen-bond acceptors (Lipinski definition) is 5. The summed E-state index contributed by atoms with van der Waals surface area (Å²) in [5.74, 6) is 0. The van der Waals surface area contributed by atoms with Gasteiger partial charge in [0.1, 0.15) is 0 Å². The summed E-state index contributed by atoms with van der Waals surface area (Å²) in [7, 11) is -4.31. The van der Waals surface area contributed by atoms with Gasteiger partial charge >= 0.3 is 0 Å². The first kappa shape index (κ1) is 19.0. The lowest BCUT2D eigenvalue weighted by Gasteiger charge is -2.38. The number of rotatable bonds is 4. The normalized spacial score (nSPS) is 14.3. The van der Waals surface area contributed by atoms with Gasteiger partial charge in [-0.3, -0.25) is 9.54 Å². The molecule has 2 aromatic carbocycles. The molecule has 3 aromatic rings. The number of nitrogens with zero attached hydrogens (tertiary/aromatic N) is 2. The van der Waals surface area contributed by atoms with Crippen LogP contribution in [0.2, 0.25) is 0 Å². The number of para-hydroxylation sites is 2. The Labute approximate surface area is 169 Å². The molecule has 5 nitrogen and oxygen atoms in total. The quantitative estimate of drug-likeness (QED) is 0.588. The highest BCUT2D eigenvalue weighted by atomic mass is 32.2. The van der Waals surface area contributed by atoms with E-state index in [-0.39, 0.29) is 6.42 Å². The number of fused-ring (bicyclic) bond motifs is 2. The number of aromatic nitrogens is 1. The molecular formula is C21H20N2O3S2. The van der Waals surface area contributed by atoms with Gasteiger partial charge in [0.2, 0.25) is 0 Å². The highest BCUT2D eigenvalue weighted by Gasteiger charge is 2.36. The van der Waals surface area contributed by atoms with Gasteiger partial charge in [-0.25, -0.2) is 0 Å². The second-order valence-corrected chi connectivity index (χ2v) is 9.30. The Morgan fingerprint density at radius 2 is 1.82 bits per heavy atom. The Morgan fingerprint density at radius 1 is 1.07 bits per heavy atom. The molecule has 0 radical (unpaired) electrons. The number of aryl methyl sites for hydroxylation is 1. The molecule has 28 heavy (non-hydrogen) atoms. The third-order valence-electron chi connectivity index (χ3n) is 4.83. The molecule has 1 aliphatic heterocycles. The van der Waals surface area contributed by atoms with Gasteiger partial charge in [0.15, 0.2) is 5.37 Å². The van der Waals surface area contributed by atoms with E-state index >= 15 is 0 Å². The molecule has 1 N–H and O–H groups in total. The SMILES string of the molecule is CCC(N1c2ccccc2Sc2cccc(-c3ncccc3C)c21)S(=O)(=O)O. The predicted molar refractivity (Wildman–Crippen MR) is 113 cm³/mol. The van der Waals surface area contributed by atoms with Crippen LogP contribution < -0.4 is 4.90 Å². The van der Waals surface area contributed by atoms with Crippen LogP contribution in [-0.2, 0) is 10.1 Å². The van der Waals surface area contributed by atoms with Crippen LogP contribution >= 0.6 is 11.8 Å². The number of pyridine rings is 1. The molecule has 0 bridgehead atoms. The fourth-order valence-corrected chi connectivity index (χ4v) is 5.63. The van der Waals surface area contributed by atoms with E-state index in [1.165, 1.54) is 0 Å². The molecule has 4 rings (SSSR count). The van der Waals surface area contributed by atoms with E-state index in [1.807, 2.05) is 61.5 Å². The van der Waals surface area contributed by atoms with Crippen LogP contribution in [-0.4, -0.2) is 23.3 Å². The van der Waals surface area contributed by atoms with Crippen molar-refractivity contribution in [3.8, 4) is 11.3 Å². The van der Waals surface area contributed by atoms with Crippen molar-refractivity contribution in [2.45, 2.75) is 35.4 Å². The highest BCUT2D eigenvalue weighted by Crippen LogP contribution is 2.53. The van der Waals surface area contributed by atoms with Gasteiger partial charge in [0.05, 0.1) is 17.1 Å². The number of benzene rings is 2. The maximum Gasteiger partial charge on any atom is 0.286 e. The molecule has 0 aliphatic carbocycles. The van der Waals surface area contributed by atoms with Gasteiger partial charge in [-0.05, 0) is 43.2 Å². The molecule has 0 spiro atoms. The van der Waals surface area contributed by atoms with Crippen molar-refractivity contribution >= 4 is 33.3 Å². The summed E-state index contributed by atoms with van der Waals surface area (Å²) < 4.78 is 34.6. The van der Waals surface area contributed by atoms with Crippen LogP contribution in [0, 0.1) is 6.92 Å². The van der Waals surface area contributed by atoms with E-state index < -0.39 is 15.5 Å². The first-order valence-electron chi connectivity index (χ1n) is 8.99. The van der Waals surface area contributed by atoms with E-state index in [4.69, 9.17) is 0 Å². The van der Waals surface area contributed by atoms with Crippen molar-refractivity contribution in [2.75, 3.05) is 4.90 Å². The van der Waals surface area contributed by atoms with E-state index in [0.29, 0.717) is 0 Å². The van der Waals surface area contributed by atoms with Gasteiger partial charge < -0.3 is 4.90 Å². The van der Waals surface area contributed by atoms with E-state index in [1.54, 1.807) is 29.8 Å². The maximum atomic E-state index is 12.3. The van der Waals surface area contributed by atoms with Crippen molar-refractivity contribution in [1.82, 2.24) is 4.98 Å². The predicted octanol–water partition coefficient (Wildman–Crippen LogP) is 5.28. The van der Waals surface area contributed by atoms with Gasteiger partial charge in [0.25, 0.3) is 10.1 Å². The molecule has 0 saturated heterocycles. The van der Waals surface area contributed by atoms with Crippen LogP contribution in [0.15, 0.2) is 70.6 Å². The number of hydrogen-bond donors (Lipinski definition) is 1. The summed E-state index contributed by atoms with van der Waals surface area (Å²) in [6, 6.07) is 17.4. The topological polar surface area (TPSA) is 70.5 Å². The Balaban J connectivity index is 2.04. The second kappa shape index (κ2) is 7.24. The zero-order valence-electron chi connectivity index (χ0n) is 15.5. The summed E-state index contributed by atoms with van der Waals surface area (Å²) in [5, 5.41) is -1.08. The molecule has 1 atom stereocenters. The van der Waals surface area contributed by atoms with Crippen molar-refractivity contribution < 1.29 is 13.0 Å². The average Bonchev–Trinajstić information content (AvgIpc) is 2.67. The van der Waals surface area contributed by atoms with Crippen LogP contribution in [0.3, 0.4) is 0 Å². The lowest BCUT2D eigenvalue weighted by atomic mass is 10.0. The molecular weight excluding hydrogens is 392 g/mol. The average molecular weight is 413 g/mol. The third-order valence-corrected chi connectivity index (χ3v) is 7.18. The summed E-state index contributed by atoms with van der Waals surface area (Å²) in [5.41, 5.74) is 4.18. The van der Waals surface area contributed by atoms with Gasteiger partial charge in [-0.2, -0.15) is 8.42 Å². The summed E-state index contributed by atoms with van der Waals surface area (Å²) in [4.78, 5) is 8.18. The standard InChI is InChI=1S/C21H20N2O3S2/c1-3-19(28(24,25)26)23-16-10-4-5-11-17(16)27-18-12-6-9-15(21(18)23)20-14(2)8-7-13-22-20/h4-13,19H,3H2,1-2H3,(H,24,25,26). The first-order valence-corrected chi connectivity index (χ1v) is 11.3. The van der Waals surface area contributed by atoms with Gasteiger partial charge in [0, 0.05) is 21.6 Å². The molecule has 0 amide bonds. The Hall–Kier alpha value is -2.35. The molecule has 1 unspecified atom stereocenters. The fraction of sp³-hybridized carbons (Fsp3) is 0.190. The molecule has 1 aliphatic rings.